The SMILES string of the molecule is COCCNC(=NCc1ccccc1OC(F)F)NCc1nnc(C)n1C. The number of aryl methyl sites for hydroxylation is 1. The molecule has 1 heterocycles. The highest BCUT2D eigenvalue weighted by Crippen LogP contribution is 2.20. The fourth-order valence-electron chi connectivity index (χ4n) is 2.22. The number of rotatable bonds is 9. The van der Waals surface area contributed by atoms with Crippen molar-refractivity contribution in [2.24, 2.45) is 12.0 Å². The number of benzene rings is 1. The Hall–Kier alpha value is -2.75. The summed E-state index contributed by atoms with van der Waals surface area (Å²) >= 11 is 0. The van der Waals surface area contributed by atoms with Crippen molar-refractivity contribution >= 4 is 5.96 Å². The Morgan fingerprint density at radius 1 is 1.26 bits per heavy atom. The van der Waals surface area contributed by atoms with Crippen LogP contribution < -0.4 is 15.4 Å². The zero-order chi connectivity index (χ0) is 19.6. The summed E-state index contributed by atoms with van der Waals surface area (Å²) in [6.07, 6.45) is 0. The molecule has 0 amide bonds. The quantitative estimate of drug-likeness (QED) is 0.389. The van der Waals surface area contributed by atoms with Crippen molar-refractivity contribution in [3.63, 3.8) is 0 Å². The number of ether oxygens (including phenoxy) is 2. The van der Waals surface area contributed by atoms with E-state index >= 15 is 0 Å². The first-order valence-electron chi connectivity index (χ1n) is 8.40. The summed E-state index contributed by atoms with van der Waals surface area (Å²) in [5, 5.41) is 14.4. The van der Waals surface area contributed by atoms with Gasteiger partial charge in [0.2, 0.25) is 0 Å². The number of hydrogen-bond donors (Lipinski definition) is 2. The lowest BCUT2D eigenvalue weighted by Gasteiger charge is -2.13. The first-order valence-corrected chi connectivity index (χ1v) is 8.40. The summed E-state index contributed by atoms with van der Waals surface area (Å²) in [7, 11) is 3.48. The van der Waals surface area contributed by atoms with Crippen molar-refractivity contribution < 1.29 is 18.3 Å². The molecule has 148 valence electrons. The number of nitrogens with one attached hydrogen (secondary N) is 2. The van der Waals surface area contributed by atoms with E-state index in [0.29, 0.717) is 31.2 Å². The highest BCUT2D eigenvalue weighted by molar-refractivity contribution is 5.79. The third-order valence-corrected chi connectivity index (χ3v) is 3.79. The van der Waals surface area contributed by atoms with Crippen molar-refractivity contribution in [1.29, 1.82) is 0 Å². The van der Waals surface area contributed by atoms with Crippen LogP contribution in [0.4, 0.5) is 8.78 Å². The molecule has 0 bridgehead atoms. The molecule has 0 atom stereocenters. The van der Waals surface area contributed by atoms with E-state index in [2.05, 4.69) is 30.6 Å². The summed E-state index contributed by atoms with van der Waals surface area (Å²) in [4.78, 5) is 4.44. The Morgan fingerprint density at radius 3 is 2.70 bits per heavy atom. The van der Waals surface area contributed by atoms with Gasteiger partial charge in [0.05, 0.1) is 19.7 Å². The van der Waals surface area contributed by atoms with Crippen molar-refractivity contribution in [2.45, 2.75) is 26.6 Å². The molecular formula is C17H24F2N6O2. The Labute approximate surface area is 156 Å². The molecule has 27 heavy (non-hydrogen) atoms. The fourth-order valence-corrected chi connectivity index (χ4v) is 2.22. The average Bonchev–Trinajstić information content (AvgIpc) is 2.96. The lowest BCUT2D eigenvalue weighted by molar-refractivity contribution is -0.0504. The second kappa shape index (κ2) is 10.4. The number of nitrogens with zero attached hydrogens (tertiary/aromatic N) is 4. The molecule has 0 aliphatic heterocycles. The molecule has 0 spiro atoms. The number of guanidine groups is 1. The highest BCUT2D eigenvalue weighted by atomic mass is 19.3. The van der Waals surface area contributed by atoms with Crippen molar-refractivity contribution in [3.8, 4) is 5.75 Å². The van der Waals surface area contributed by atoms with Crippen LogP contribution in [-0.4, -0.2) is 47.6 Å². The molecule has 2 N–H and O–H groups in total. The van der Waals surface area contributed by atoms with Crippen LogP contribution in [0.25, 0.3) is 0 Å². The topological polar surface area (TPSA) is 85.6 Å². The summed E-state index contributed by atoms with van der Waals surface area (Å²) in [5.41, 5.74) is 0.556. The summed E-state index contributed by atoms with van der Waals surface area (Å²) in [6.45, 7) is 0.590. The molecule has 10 heteroatoms. The van der Waals surface area contributed by atoms with Crippen LogP contribution in [0.3, 0.4) is 0 Å². The molecule has 0 saturated heterocycles. The van der Waals surface area contributed by atoms with Crippen LogP contribution >= 0.6 is 0 Å². The third-order valence-electron chi connectivity index (χ3n) is 3.79. The van der Waals surface area contributed by atoms with E-state index in [1.54, 1.807) is 25.3 Å². The maximum absolute atomic E-state index is 12.5. The van der Waals surface area contributed by atoms with Crippen molar-refractivity contribution in [1.82, 2.24) is 25.4 Å². The second-order valence-corrected chi connectivity index (χ2v) is 5.65. The van der Waals surface area contributed by atoms with Gasteiger partial charge in [0.25, 0.3) is 0 Å². The van der Waals surface area contributed by atoms with Gasteiger partial charge in [0, 0.05) is 26.3 Å². The average molecular weight is 382 g/mol. The number of alkyl halides is 2. The summed E-state index contributed by atoms with van der Waals surface area (Å²) in [5.74, 6) is 2.15. The summed E-state index contributed by atoms with van der Waals surface area (Å²) in [6, 6.07) is 6.57. The van der Waals surface area contributed by atoms with E-state index in [-0.39, 0.29) is 12.3 Å². The van der Waals surface area contributed by atoms with Gasteiger partial charge in [-0.2, -0.15) is 8.78 Å². The summed E-state index contributed by atoms with van der Waals surface area (Å²) < 4.78 is 36.5. The van der Waals surface area contributed by atoms with Gasteiger partial charge < -0.3 is 24.7 Å². The Bertz CT molecular complexity index is 751. The molecule has 0 fully saturated rings. The lowest BCUT2D eigenvalue weighted by Crippen LogP contribution is -2.39. The van der Waals surface area contributed by atoms with Crippen LogP contribution in [-0.2, 0) is 24.9 Å². The molecule has 0 radical (unpaired) electrons. The first kappa shape index (κ1) is 20.6. The predicted molar refractivity (Wildman–Crippen MR) is 96.7 cm³/mol. The molecule has 2 rings (SSSR count). The minimum atomic E-state index is -2.88. The Morgan fingerprint density at radius 2 is 2.04 bits per heavy atom. The van der Waals surface area contributed by atoms with E-state index in [4.69, 9.17) is 4.74 Å². The van der Waals surface area contributed by atoms with Gasteiger partial charge in [-0.25, -0.2) is 4.99 Å². The van der Waals surface area contributed by atoms with E-state index in [9.17, 15) is 8.78 Å². The predicted octanol–water partition coefficient (Wildman–Crippen LogP) is 1.61. The van der Waals surface area contributed by atoms with Gasteiger partial charge in [-0.3, -0.25) is 0 Å². The Balaban J connectivity index is 2.07. The normalized spacial score (nSPS) is 11.7. The van der Waals surface area contributed by atoms with Gasteiger partial charge in [0.1, 0.15) is 11.6 Å². The maximum Gasteiger partial charge on any atom is 0.387 e. The molecule has 0 aliphatic carbocycles. The van der Waals surface area contributed by atoms with Crippen molar-refractivity contribution in [2.75, 3.05) is 20.3 Å². The van der Waals surface area contributed by atoms with Crippen LogP contribution in [0.1, 0.15) is 17.2 Å². The molecule has 2 aromatic rings. The molecule has 0 unspecified atom stereocenters. The van der Waals surface area contributed by atoms with Gasteiger partial charge in [-0.15, -0.1) is 10.2 Å². The van der Waals surface area contributed by atoms with Crippen LogP contribution in [0, 0.1) is 6.92 Å². The zero-order valence-electron chi connectivity index (χ0n) is 15.6. The van der Waals surface area contributed by atoms with Crippen LogP contribution in [0.5, 0.6) is 5.75 Å². The molecular weight excluding hydrogens is 358 g/mol. The van der Waals surface area contributed by atoms with Gasteiger partial charge in [-0.1, -0.05) is 18.2 Å². The minimum absolute atomic E-state index is 0.108. The fraction of sp³-hybridized carbons (Fsp3) is 0.471. The number of para-hydroxylation sites is 1. The number of halogens is 2. The lowest BCUT2D eigenvalue weighted by atomic mass is 10.2. The number of hydrogen-bond acceptors (Lipinski definition) is 5. The van der Waals surface area contributed by atoms with Gasteiger partial charge >= 0.3 is 6.61 Å². The van der Waals surface area contributed by atoms with Crippen molar-refractivity contribution in [3.05, 3.63) is 41.5 Å². The Kier molecular flexibility index (Phi) is 7.93. The number of methoxy groups -OCH3 is 1. The minimum Gasteiger partial charge on any atom is -0.434 e. The monoisotopic (exact) mass is 382 g/mol. The number of aromatic nitrogens is 3. The second-order valence-electron chi connectivity index (χ2n) is 5.65. The molecule has 0 saturated carbocycles. The van der Waals surface area contributed by atoms with Gasteiger partial charge in [0.15, 0.2) is 11.8 Å². The third kappa shape index (κ3) is 6.48. The maximum atomic E-state index is 12.5. The molecule has 8 nitrogen and oxygen atoms in total. The zero-order valence-corrected chi connectivity index (χ0v) is 15.6. The van der Waals surface area contributed by atoms with E-state index in [1.165, 1.54) is 6.07 Å². The van der Waals surface area contributed by atoms with E-state index < -0.39 is 6.61 Å². The van der Waals surface area contributed by atoms with Crippen LogP contribution in [0.15, 0.2) is 29.3 Å². The molecule has 1 aromatic heterocycles. The number of aliphatic imine (C=N–C) groups is 1. The molecule has 0 aliphatic rings. The smallest absolute Gasteiger partial charge is 0.387 e. The largest absolute Gasteiger partial charge is 0.434 e. The first-order chi connectivity index (χ1) is 13.0. The van der Waals surface area contributed by atoms with Gasteiger partial charge in [-0.05, 0) is 13.0 Å². The van der Waals surface area contributed by atoms with E-state index in [0.717, 1.165) is 11.6 Å². The standard InChI is InChI=1S/C17H24F2N6O2/c1-12-23-24-15(25(12)2)11-22-17(20-8-9-26-3)21-10-13-6-4-5-7-14(13)27-16(18)19/h4-7,16H,8-11H2,1-3H3,(H2,20,21,22). The highest BCUT2D eigenvalue weighted by Gasteiger charge is 2.10. The van der Waals surface area contributed by atoms with E-state index in [1.807, 2.05) is 18.5 Å². The molecule has 1 aromatic carbocycles. The van der Waals surface area contributed by atoms with Crippen LogP contribution in [0.2, 0.25) is 0 Å².